The Morgan fingerprint density at radius 2 is 2.21 bits per heavy atom. The molecule has 1 N–H and O–H groups in total. The molecule has 0 aliphatic rings. The molecule has 0 aliphatic carbocycles. The Labute approximate surface area is 112 Å². The van der Waals surface area contributed by atoms with Gasteiger partial charge in [-0.1, -0.05) is 5.16 Å². The number of nitrogens with one attached hydrogen (secondary N) is 1. The lowest BCUT2D eigenvalue weighted by atomic mass is 10.1. The summed E-state index contributed by atoms with van der Waals surface area (Å²) in [5.41, 5.74) is 0.698. The molecule has 19 heavy (non-hydrogen) atoms. The maximum absolute atomic E-state index is 11.8. The summed E-state index contributed by atoms with van der Waals surface area (Å²) in [5.74, 6) is 1.86. The molecule has 102 valence electrons. The summed E-state index contributed by atoms with van der Waals surface area (Å²) >= 11 is 0. The quantitative estimate of drug-likeness (QED) is 0.899. The standard InChI is InChI=1S/C14H18N2O3/c1-9(4-6-12-7-5-11(3)18-12)15-14(17)13-8-10(2)16-19-13/h5,7-9H,4,6H2,1-3H3,(H,15,17). The van der Waals surface area contributed by atoms with E-state index < -0.39 is 0 Å². The van der Waals surface area contributed by atoms with Crippen molar-refractivity contribution in [2.45, 2.75) is 39.7 Å². The van der Waals surface area contributed by atoms with Gasteiger partial charge in [-0.3, -0.25) is 4.79 Å². The number of nitrogens with zero attached hydrogens (tertiary/aromatic N) is 1. The summed E-state index contributed by atoms with van der Waals surface area (Å²) in [6, 6.07) is 5.57. The molecule has 1 unspecified atom stereocenters. The number of hydrogen-bond donors (Lipinski definition) is 1. The van der Waals surface area contributed by atoms with Crippen LogP contribution in [-0.2, 0) is 6.42 Å². The Hall–Kier alpha value is -2.04. The number of carbonyl (C=O) groups excluding carboxylic acids is 1. The fourth-order valence-corrected chi connectivity index (χ4v) is 1.82. The van der Waals surface area contributed by atoms with Crippen LogP contribution in [0.3, 0.4) is 0 Å². The van der Waals surface area contributed by atoms with Crippen molar-refractivity contribution in [2.24, 2.45) is 0 Å². The average molecular weight is 262 g/mol. The molecule has 0 aliphatic heterocycles. The first-order valence-electron chi connectivity index (χ1n) is 6.34. The fourth-order valence-electron chi connectivity index (χ4n) is 1.82. The molecule has 0 saturated carbocycles. The Morgan fingerprint density at radius 3 is 2.79 bits per heavy atom. The highest BCUT2D eigenvalue weighted by molar-refractivity contribution is 5.91. The van der Waals surface area contributed by atoms with E-state index in [1.807, 2.05) is 26.0 Å². The van der Waals surface area contributed by atoms with Crippen LogP contribution in [0.4, 0.5) is 0 Å². The predicted molar refractivity (Wildman–Crippen MR) is 69.9 cm³/mol. The third-order valence-electron chi connectivity index (χ3n) is 2.85. The largest absolute Gasteiger partial charge is 0.466 e. The van der Waals surface area contributed by atoms with E-state index in [0.717, 1.165) is 24.4 Å². The van der Waals surface area contributed by atoms with E-state index in [9.17, 15) is 4.79 Å². The lowest BCUT2D eigenvalue weighted by molar-refractivity contribution is 0.0900. The Balaban J connectivity index is 1.81. The smallest absolute Gasteiger partial charge is 0.290 e. The normalized spacial score (nSPS) is 12.4. The van der Waals surface area contributed by atoms with Crippen molar-refractivity contribution in [1.29, 1.82) is 0 Å². The monoisotopic (exact) mass is 262 g/mol. The van der Waals surface area contributed by atoms with E-state index in [2.05, 4.69) is 10.5 Å². The number of amides is 1. The zero-order chi connectivity index (χ0) is 13.8. The summed E-state index contributed by atoms with van der Waals surface area (Å²) in [4.78, 5) is 11.8. The molecule has 2 rings (SSSR count). The number of carbonyl (C=O) groups is 1. The van der Waals surface area contributed by atoms with E-state index in [1.54, 1.807) is 13.0 Å². The Morgan fingerprint density at radius 1 is 1.42 bits per heavy atom. The first-order valence-corrected chi connectivity index (χ1v) is 6.34. The molecule has 2 heterocycles. The van der Waals surface area contributed by atoms with Crippen LogP contribution >= 0.6 is 0 Å². The maximum Gasteiger partial charge on any atom is 0.290 e. The molecular weight excluding hydrogens is 244 g/mol. The molecule has 1 amide bonds. The molecule has 2 aromatic rings. The fraction of sp³-hybridized carbons (Fsp3) is 0.429. The Kier molecular flexibility index (Phi) is 4.04. The number of furan rings is 1. The predicted octanol–water partition coefficient (Wildman–Crippen LogP) is 2.64. The second-order valence-corrected chi connectivity index (χ2v) is 4.76. The molecular formula is C14H18N2O3. The third-order valence-corrected chi connectivity index (χ3v) is 2.85. The van der Waals surface area contributed by atoms with Gasteiger partial charge in [0.1, 0.15) is 11.5 Å². The maximum atomic E-state index is 11.8. The van der Waals surface area contributed by atoms with Gasteiger partial charge in [0.25, 0.3) is 5.91 Å². The molecule has 1 atom stereocenters. The number of rotatable bonds is 5. The second kappa shape index (κ2) is 5.73. The van der Waals surface area contributed by atoms with Crippen LogP contribution < -0.4 is 5.32 Å². The van der Waals surface area contributed by atoms with E-state index >= 15 is 0 Å². The molecule has 0 aromatic carbocycles. The van der Waals surface area contributed by atoms with Crippen LogP contribution in [0, 0.1) is 13.8 Å². The summed E-state index contributed by atoms with van der Waals surface area (Å²) < 4.78 is 10.4. The minimum Gasteiger partial charge on any atom is -0.466 e. The average Bonchev–Trinajstić information content (AvgIpc) is 2.95. The number of hydrogen-bond acceptors (Lipinski definition) is 4. The van der Waals surface area contributed by atoms with Crippen LogP contribution in [0.5, 0.6) is 0 Å². The van der Waals surface area contributed by atoms with Gasteiger partial charge in [0.2, 0.25) is 5.76 Å². The first kappa shape index (κ1) is 13.4. The van der Waals surface area contributed by atoms with Gasteiger partial charge in [0, 0.05) is 18.5 Å². The SMILES string of the molecule is Cc1cc(C(=O)NC(C)CCc2ccc(C)o2)on1. The zero-order valence-corrected chi connectivity index (χ0v) is 11.4. The highest BCUT2D eigenvalue weighted by Gasteiger charge is 2.14. The molecule has 5 heteroatoms. The van der Waals surface area contributed by atoms with Crippen molar-refractivity contribution in [1.82, 2.24) is 10.5 Å². The van der Waals surface area contributed by atoms with Crippen LogP contribution in [0.15, 0.2) is 27.1 Å². The van der Waals surface area contributed by atoms with E-state index in [4.69, 9.17) is 8.94 Å². The topological polar surface area (TPSA) is 68.3 Å². The van der Waals surface area contributed by atoms with Crippen LogP contribution in [0.1, 0.15) is 41.1 Å². The zero-order valence-electron chi connectivity index (χ0n) is 11.4. The van der Waals surface area contributed by atoms with E-state index in [1.165, 1.54) is 0 Å². The third kappa shape index (κ3) is 3.71. The van der Waals surface area contributed by atoms with Crippen molar-refractivity contribution >= 4 is 5.91 Å². The molecule has 0 bridgehead atoms. The highest BCUT2D eigenvalue weighted by Crippen LogP contribution is 2.10. The van der Waals surface area contributed by atoms with Gasteiger partial charge in [-0.25, -0.2) is 0 Å². The summed E-state index contributed by atoms with van der Waals surface area (Å²) in [6.07, 6.45) is 1.61. The van der Waals surface area contributed by atoms with Crippen molar-refractivity contribution in [3.8, 4) is 0 Å². The number of aromatic nitrogens is 1. The van der Waals surface area contributed by atoms with Crippen molar-refractivity contribution in [3.05, 3.63) is 41.2 Å². The van der Waals surface area contributed by atoms with Gasteiger partial charge in [-0.15, -0.1) is 0 Å². The minimum absolute atomic E-state index is 0.0447. The summed E-state index contributed by atoms with van der Waals surface area (Å²) in [7, 11) is 0. The molecule has 5 nitrogen and oxygen atoms in total. The van der Waals surface area contributed by atoms with Crippen molar-refractivity contribution in [3.63, 3.8) is 0 Å². The summed E-state index contributed by atoms with van der Waals surface area (Å²) in [5, 5.41) is 6.56. The van der Waals surface area contributed by atoms with Gasteiger partial charge in [0.05, 0.1) is 5.69 Å². The van der Waals surface area contributed by atoms with Crippen LogP contribution in [-0.4, -0.2) is 17.1 Å². The molecule has 0 spiro atoms. The van der Waals surface area contributed by atoms with Crippen molar-refractivity contribution in [2.75, 3.05) is 0 Å². The van der Waals surface area contributed by atoms with Gasteiger partial charge >= 0.3 is 0 Å². The van der Waals surface area contributed by atoms with Crippen LogP contribution in [0.2, 0.25) is 0 Å². The molecule has 0 saturated heterocycles. The van der Waals surface area contributed by atoms with Crippen molar-refractivity contribution < 1.29 is 13.7 Å². The minimum atomic E-state index is -0.233. The molecule has 0 fully saturated rings. The van der Waals surface area contributed by atoms with Gasteiger partial charge in [-0.2, -0.15) is 0 Å². The van der Waals surface area contributed by atoms with Crippen LogP contribution in [0.25, 0.3) is 0 Å². The van der Waals surface area contributed by atoms with E-state index in [0.29, 0.717) is 5.69 Å². The number of aryl methyl sites for hydroxylation is 3. The lowest BCUT2D eigenvalue weighted by Crippen LogP contribution is -2.32. The molecule has 0 radical (unpaired) electrons. The molecule has 2 aromatic heterocycles. The first-order chi connectivity index (χ1) is 9.04. The van der Waals surface area contributed by atoms with Gasteiger partial charge in [0.15, 0.2) is 0 Å². The van der Waals surface area contributed by atoms with E-state index in [-0.39, 0.29) is 17.7 Å². The highest BCUT2D eigenvalue weighted by atomic mass is 16.5. The van der Waals surface area contributed by atoms with Gasteiger partial charge < -0.3 is 14.3 Å². The summed E-state index contributed by atoms with van der Waals surface area (Å²) in [6.45, 7) is 5.65. The Bertz CT molecular complexity index is 557. The lowest BCUT2D eigenvalue weighted by Gasteiger charge is -2.11. The van der Waals surface area contributed by atoms with Gasteiger partial charge in [-0.05, 0) is 39.3 Å². The second-order valence-electron chi connectivity index (χ2n) is 4.76.